The number of hydrazone groups is 1. The van der Waals surface area contributed by atoms with Crippen molar-refractivity contribution in [3.05, 3.63) is 77.9 Å². The van der Waals surface area contributed by atoms with E-state index in [1.165, 1.54) is 6.21 Å². The van der Waals surface area contributed by atoms with Gasteiger partial charge in [0.2, 0.25) is 0 Å². The van der Waals surface area contributed by atoms with Crippen LogP contribution in [0.15, 0.2) is 71.8 Å². The lowest BCUT2D eigenvalue weighted by Crippen LogP contribution is -2.24. The zero-order chi connectivity index (χ0) is 17.6. The average Bonchev–Trinajstić information content (AvgIpc) is 2.63. The molecule has 0 heterocycles. The maximum Gasteiger partial charge on any atom is 0.343 e. The monoisotopic (exact) mass is 349 g/mol. The SMILES string of the molecule is NC(=S)N/N=C/c1c(OC(=O)c2ccccc2)ccc2ccccc12. The van der Waals surface area contributed by atoms with Crippen LogP contribution >= 0.6 is 12.2 Å². The van der Waals surface area contributed by atoms with Gasteiger partial charge in [-0.3, -0.25) is 5.43 Å². The van der Waals surface area contributed by atoms with Crippen molar-refractivity contribution in [2.24, 2.45) is 10.8 Å². The summed E-state index contributed by atoms with van der Waals surface area (Å²) in [7, 11) is 0. The summed E-state index contributed by atoms with van der Waals surface area (Å²) in [5.41, 5.74) is 9.02. The van der Waals surface area contributed by atoms with E-state index in [9.17, 15) is 4.79 Å². The number of ether oxygens (including phenoxy) is 1. The molecule has 0 atom stereocenters. The second-order valence-corrected chi connectivity index (χ2v) is 5.63. The summed E-state index contributed by atoms with van der Waals surface area (Å²) in [6.07, 6.45) is 1.54. The van der Waals surface area contributed by atoms with Crippen LogP contribution in [-0.4, -0.2) is 17.3 Å². The van der Waals surface area contributed by atoms with Gasteiger partial charge >= 0.3 is 5.97 Å². The molecule has 3 N–H and O–H groups in total. The molecular formula is C19H15N3O2S. The average molecular weight is 349 g/mol. The smallest absolute Gasteiger partial charge is 0.343 e. The molecule has 0 unspecified atom stereocenters. The Balaban J connectivity index is 2.00. The minimum absolute atomic E-state index is 0.0549. The van der Waals surface area contributed by atoms with Gasteiger partial charge in [0, 0.05) is 5.56 Å². The summed E-state index contributed by atoms with van der Waals surface area (Å²) >= 11 is 4.74. The van der Waals surface area contributed by atoms with Gasteiger partial charge < -0.3 is 10.5 Å². The minimum Gasteiger partial charge on any atom is -0.422 e. The van der Waals surface area contributed by atoms with Gasteiger partial charge in [0.1, 0.15) is 5.75 Å². The van der Waals surface area contributed by atoms with Crippen LogP contribution in [-0.2, 0) is 0 Å². The van der Waals surface area contributed by atoms with E-state index in [0.29, 0.717) is 16.9 Å². The number of thiocarbonyl (C=S) groups is 1. The maximum absolute atomic E-state index is 12.4. The summed E-state index contributed by atoms with van der Waals surface area (Å²) in [4.78, 5) is 12.4. The third-order valence-corrected chi connectivity index (χ3v) is 3.60. The van der Waals surface area contributed by atoms with E-state index in [1.807, 2.05) is 36.4 Å². The number of carbonyl (C=O) groups is 1. The highest BCUT2D eigenvalue weighted by atomic mass is 32.1. The largest absolute Gasteiger partial charge is 0.422 e. The number of hydrogen-bond acceptors (Lipinski definition) is 4. The predicted octanol–water partition coefficient (Wildman–Crippen LogP) is 3.23. The summed E-state index contributed by atoms with van der Waals surface area (Å²) in [6, 6.07) is 20.2. The standard InChI is InChI=1S/C19H15N3O2S/c20-19(25)22-21-12-16-15-9-5-4-6-13(15)10-11-17(16)24-18(23)14-7-2-1-3-8-14/h1-12H,(H3,20,22,25)/b21-12+. The minimum atomic E-state index is -0.437. The molecule has 3 rings (SSSR count). The molecule has 0 aromatic heterocycles. The lowest BCUT2D eigenvalue weighted by Gasteiger charge is -2.10. The molecule has 0 aliphatic rings. The van der Waals surface area contributed by atoms with Crippen molar-refractivity contribution in [1.82, 2.24) is 5.43 Å². The molecule has 0 spiro atoms. The number of rotatable bonds is 4. The van der Waals surface area contributed by atoms with Gasteiger partial charge in [0.25, 0.3) is 0 Å². The van der Waals surface area contributed by atoms with Crippen molar-refractivity contribution in [1.29, 1.82) is 0 Å². The molecule has 0 bridgehead atoms. The molecule has 0 saturated heterocycles. The van der Waals surface area contributed by atoms with Gasteiger partial charge in [0.15, 0.2) is 5.11 Å². The van der Waals surface area contributed by atoms with Gasteiger partial charge in [-0.25, -0.2) is 4.79 Å². The van der Waals surface area contributed by atoms with Crippen LogP contribution in [0.4, 0.5) is 0 Å². The fourth-order valence-corrected chi connectivity index (χ4v) is 2.44. The Hall–Kier alpha value is -3.25. The van der Waals surface area contributed by atoms with E-state index >= 15 is 0 Å². The third-order valence-electron chi connectivity index (χ3n) is 3.51. The van der Waals surface area contributed by atoms with Crippen molar-refractivity contribution in [3.63, 3.8) is 0 Å². The Bertz CT molecular complexity index is 955. The van der Waals surface area contributed by atoms with Gasteiger partial charge in [-0.1, -0.05) is 48.5 Å². The maximum atomic E-state index is 12.4. The summed E-state index contributed by atoms with van der Waals surface area (Å²) in [5.74, 6) is -0.0334. The van der Waals surface area contributed by atoms with Crippen molar-refractivity contribution in [2.45, 2.75) is 0 Å². The number of esters is 1. The van der Waals surface area contributed by atoms with Crippen molar-refractivity contribution >= 4 is 40.3 Å². The molecule has 0 fully saturated rings. The number of nitrogens with zero attached hydrogens (tertiary/aromatic N) is 1. The molecule has 124 valence electrons. The first-order valence-corrected chi connectivity index (χ1v) is 7.93. The molecule has 0 aliphatic heterocycles. The fourth-order valence-electron chi connectivity index (χ4n) is 2.39. The molecule has 0 radical (unpaired) electrons. The Labute approximate surface area is 150 Å². The van der Waals surface area contributed by atoms with Crippen LogP contribution in [0.1, 0.15) is 15.9 Å². The van der Waals surface area contributed by atoms with Crippen LogP contribution < -0.4 is 15.9 Å². The highest BCUT2D eigenvalue weighted by Crippen LogP contribution is 2.27. The second-order valence-electron chi connectivity index (χ2n) is 5.19. The second kappa shape index (κ2) is 7.55. The van der Waals surface area contributed by atoms with E-state index in [0.717, 1.165) is 10.8 Å². The highest BCUT2D eigenvalue weighted by molar-refractivity contribution is 7.80. The van der Waals surface area contributed by atoms with E-state index in [2.05, 4.69) is 10.5 Å². The molecule has 25 heavy (non-hydrogen) atoms. The number of carbonyl (C=O) groups excluding carboxylic acids is 1. The number of benzene rings is 3. The fraction of sp³-hybridized carbons (Fsp3) is 0. The lowest BCUT2D eigenvalue weighted by molar-refractivity contribution is 0.0735. The molecular weight excluding hydrogens is 334 g/mol. The predicted molar refractivity (Wildman–Crippen MR) is 103 cm³/mol. The van der Waals surface area contributed by atoms with Gasteiger partial charge in [-0.2, -0.15) is 5.10 Å². The van der Waals surface area contributed by atoms with E-state index < -0.39 is 5.97 Å². The summed E-state index contributed by atoms with van der Waals surface area (Å²) < 4.78 is 5.58. The van der Waals surface area contributed by atoms with E-state index in [-0.39, 0.29) is 5.11 Å². The Morgan fingerprint density at radius 1 is 1.04 bits per heavy atom. The van der Waals surface area contributed by atoms with Gasteiger partial charge in [-0.15, -0.1) is 0 Å². The van der Waals surface area contributed by atoms with Crippen LogP contribution in [0.5, 0.6) is 5.75 Å². The van der Waals surface area contributed by atoms with Crippen molar-refractivity contribution in [2.75, 3.05) is 0 Å². The zero-order valence-electron chi connectivity index (χ0n) is 13.2. The normalized spacial score (nSPS) is 10.7. The first kappa shape index (κ1) is 16.6. The number of nitrogens with two attached hydrogens (primary N) is 1. The van der Waals surface area contributed by atoms with Crippen LogP contribution in [0.2, 0.25) is 0 Å². The van der Waals surface area contributed by atoms with Crippen LogP contribution in [0, 0.1) is 0 Å². The van der Waals surface area contributed by atoms with E-state index in [1.54, 1.807) is 30.3 Å². The Morgan fingerprint density at radius 3 is 2.52 bits per heavy atom. The molecule has 0 amide bonds. The number of nitrogens with one attached hydrogen (secondary N) is 1. The zero-order valence-corrected chi connectivity index (χ0v) is 14.0. The molecule has 0 saturated carbocycles. The molecule has 5 nitrogen and oxygen atoms in total. The van der Waals surface area contributed by atoms with E-state index in [4.69, 9.17) is 22.7 Å². The summed E-state index contributed by atoms with van der Waals surface area (Å²) in [5, 5.41) is 5.95. The van der Waals surface area contributed by atoms with Crippen LogP contribution in [0.25, 0.3) is 10.8 Å². The van der Waals surface area contributed by atoms with Crippen molar-refractivity contribution < 1.29 is 9.53 Å². The Kier molecular flexibility index (Phi) is 5.01. The molecule has 0 aliphatic carbocycles. The Morgan fingerprint density at radius 2 is 1.76 bits per heavy atom. The van der Waals surface area contributed by atoms with Gasteiger partial charge in [-0.05, 0) is 41.2 Å². The number of fused-ring (bicyclic) bond motifs is 1. The topological polar surface area (TPSA) is 76.7 Å². The van der Waals surface area contributed by atoms with Gasteiger partial charge in [0.05, 0.1) is 11.8 Å². The first-order chi connectivity index (χ1) is 12.1. The highest BCUT2D eigenvalue weighted by Gasteiger charge is 2.13. The third kappa shape index (κ3) is 3.99. The molecule has 3 aromatic rings. The number of hydrogen-bond donors (Lipinski definition) is 2. The quantitative estimate of drug-likeness (QED) is 0.249. The summed E-state index contributed by atoms with van der Waals surface area (Å²) in [6.45, 7) is 0. The van der Waals surface area contributed by atoms with Crippen LogP contribution in [0.3, 0.4) is 0 Å². The molecule has 3 aromatic carbocycles. The molecule has 6 heteroatoms. The lowest BCUT2D eigenvalue weighted by atomic mass is 10.0. The van der Waals surface area contributed by atoms with Crippen molar-refractivity contribution in [3.8, 4) is 5.75 Å². The first-order valence-electron chi connectivity index (χ1n) is 7.52.